The molecule has 0 radical (unpaired) electrons. The minimum atomic E-state index is -5.59. The van der Waals surface area contributed by atoms with E-state index in [9.17, 15) is 20.5 Å². The lowest BCUT2D eigenvalue weighted by molar-refractivity contribution is 0.429. The molecule has 0 saturated carbocycles. The molecule has 0 aromatic carbocycles. The van der Waals surface area contributed by atoms with E-state index in [1.54, 1.807) is 0 Å². The Morgan fingerprint density at radius 1 is 0.842 bits per heavy atom. The highest BCUT2D eigenvalue weighted by molar-refractivity contribution is 6.66. The Labute approximate surface area is 115 Å². The summed E-state index contributed by atoms with van der Waals surface area (Å²) in [5.41, 5.74) is 0. The van der Waals surface area contributed by atoms with Crippen LogP contribution < -0.4 is 0 Å². The highest BCUT2D eigenvalue weighted by Crippen LogP contribution is 2.30. The number of rotatable bonds is 11. The summed E-state index contributed by atoms with van der Waals surface area (Å²) in [6.07, 6.45) is 4.51. The second-order valence-corrected chi connectivity index (χ2v) is 9.83. The molecule has 0 N–H and O–H groups in total. The molecule has 0 saturated heterocycles. The van der Waals surface area contributed by atoms with E-state index in [-0.39, 0.29) is 18.5 Å². The first-order chi connectivity index (χ1) is 8.66. The van der Waals surface area contributed by atoms with Gasteiger partial charge in [-0.2, -0.15) is 0 Å². The molecule has 0 heterocycles. The first-order valence-corrected chi connectivity index (χ1v) is 11.1. The van der Waals surface area contributed by atoms with Gasteiger partial charge in [0.1, 0.15) is 0 Å². The Morgan fingerprint density at radius 3 is 1.95 bits per heavy atom. The molecular weight excluding hydrogens is 295 g/mol. The summed E-state index contributed by atoms with van der Waals surface area (Å²) < 4.78 is 63.8. The van der Waals surface area contributed by atoms with Gasteiger partial charge >= 0.3 is 17.8 Å². The number of hydrogen-bond acceptors (Lipinski definition) is 0. The SMILES string of the molecule is CCCCCCC[Si](F)(F)CCC(C)C[Si](F)(F)F. The monoisotopic (exact) mass is 320 g/mol. The van der Waals surface area contributed by atoms with Gasteiger partial charge in [0.2, 0.25) is 0 Å². The van der Waals surface area contributed by atoms with Crippen LogP contribution in [0, 0.1) is 5.92 Å². The zero-order valence-corrected chi connectivity index (χ0v) is 13.8. The maximum atomic E-state index is 13.6. The molecule has 0 aliphatic rings. The Kier molecular flexibility index (Phi) is 9.14. The van der Waals surface area contributed by atoms with E-state index in [0.29, 0.717) is 6.42 Å². The average Bonchev–Trinajstić information content (AvgIpc) is 2.24. The van der Waals surface area contributed by atoms with Gasteiger partial charge in [0.05, 0.1) is 0 Å². The van der Waals surface area contributed by atoms with Crippen molar-refractivity contribution in [2.24, 2.45) is 5.92 Å². The summed E-state index contributed by atoms with van der Waals surface area (Å²) >= 11 is 0. The highest BCUT2D eigenvalue weighted by atomic mass is 28.5. The molecule has 0 aliphatic heterocycles. The Bertz CT molecular complexity index is 231. The van der Waals surface area contributed by atoms with Gasteiger partial charge in [-0.25, -0.2) is 12.3 Å². The van der Waals surface area contributed by atoms with Crippen molar-refractivity contribution in [1.29, 1.82) is 0 Å². The Morgan fingerprint density at radius 2 is 1.42 bits per heavy atom. The Balaban J connectivity index is 3.77. The van der Waals surface area contributed by atoms with Gasteiger partial charge in [-0.15, -0.1) is 0 Å². The van der Waals surface area contributed by atoms with Crippen LogP contribution in [-0.4, -0.2) is 17.8 Å². The third-order valence-electron chi connectivity index (χ3n) is 3.23. The van der Waals surface area contributed by atoms with Crippen molar-refractivity contribution in [3.63, 3.8) is 0 Å². The number of halogens is 5. The summed E-state index contributed by atoms with van der Waals surface area (Å²) in [7, 11) is -9.84. The van der Waals surface area contributed by atoms with E-state index in [0.717, 1.165) is 25.7 Å². The van der Waals surface area contributed by atoms with Crippen LogP contribution in [0.4, 0.5) is 20.5 Å². The molecule has 7 heteroatoms. The molecule has 0 nitrogen and oxygen atoms in total. The molecule has 1 unspecified atom stereocenters. The standard InChI is InChI=1S/C12H25F5Si2/c1-3-4-5-6-7-9-18(13,14)10-8-12(2)11-19(15,16)17/h12H,3-11H2,1-2H3. The van der Waals surface area contributed by atoms with E-state index in [2.05, 4.69) is 6.92 Å². The van der Waals surface area contributed by atoms with Gasteiger partial charge in [0, 0.05) is 6.04 Å². The van der Waals surface area contributed by atoms with E-state index < -0.39 is 29.8 Å². The lowest BCUT2D eigenvalue weighted by Gasteiger charge is -2.16. The first kappa shape index (κ1) is 19.1. The van der Waals surface area contributed by atoms with Gasteiger partial charge < -0.3 is 0 Å². The van der Waals surface area contributed by atoms with Gasteiger partial charge in [-0.05, 0) is 24.4 Å². The third-order valence-corrected chi connectivity index (χ3v) is 6.49. The second-order valence-electron chi connectivity index (χ2n) is 5.48. The van der Waals surface area contributed by atoms with Crippen molar-refractivity contribution in [1.82, 2.24) is 0 Å². The van der Waals surface area contributed by atoms with E-state index in [1.165, 1.54) is 6.92 Å². The molecule has 0 spiro atoms. The smallest absolute Gasteiger partial charge is 0.270 e. The van der Waals surface area contributed by atoms with Crippen molar-refractivity contribution in [3.05, 3.63) is 0 Å². The van der Waals surface area contributed by atoms with Crippen LogP contribution in [-0.2, 0) is 0 Å². The molecule has 0 aromatic heterocycles. The molecule has 0 amide bonds. The number of unbranched alkanes of at least 4 members (excludes halogenated alkanes) is 4. The molecule has 1 atom stereocenters. The summed E-state index contributed by atoms with van der Waals surface area (Å²) in [5.74, 6) is -0.634. The summed E-state index contributed by atoms with van der Waals surface area (Å²) in [5, 5.41) is 0. The van der Waals surface area contributed by atoms with Crippen LogP contribution in [0.25, 0.3) is 0 Å². The summed E-state index contributed by atoms with van der Waals surface area (Å²) in [6, 6.07) is -1.13. The first-order valence-electron chi connectivity index (χ1n) is 7.11. The van der Waals surface area contributed by atoms with Crippen molar-refractivity contribution in [3.8, 4) is 0 Å². The lowest BCUT2D eigenvalue weighted by atomic mass is 10.2. The van der Waals surface area contributed by atoms with Crippen LogP contribution in [0.1, 0.15) is 52.4 Å². The van der Waals surface area contributed by atoms with E-state index >= 15 is 0 Å². The van der Waals surface area contributed by atoms with Gasteiger partial charge in [-0.3, -0.25) is 8.22 Å². The second kappa shape index (κ2) is 9.10. The fourth-order valence-electron chi connectivity index (χ4n) is 2.07. The van der Waals surface area contributed by atoms with Crippen molar-refractivity contribution in [2.75, 3.05) is 0 Å². The van der Waals surface area contributed by atoms with Crippen LogP contribution in [0.5, 0.6) is 0 Å². The fourth-order valence-corrected chi connectivity index (χ4v) is 4.99. The Hall–Kier alpha value is 0.0838. The minimum absolute atomic E-state index is 0.0285. The van der Waals surface area contributed by atoms with E-state index in [4.69, 9.17) is 0 Å². The van der Waals surface area contributed by atoms with E-state index in [1.807, 2.05) is 0 Å². The fraction of sp³-hybridized carbons (Fsp3) is 1.00. The molecule has 0 aliphatic carbocycles. The van der Waals surface area contributed by atoms with Crippen LogP contribution in [0.15, 0.2) is 0 Å². The molecule has 0 fully saturated rings. The van der Waals surface area contributed by atoms with Crippen molar-refractivity contribution < 1.29 is 20.5 Å². The van der Waals surface area contributed by atoms with Gasteiger partial charge in [0.25, 0.3) is 0 Å². The van der Waals surface area contributed by atoms with Crippen LogP contribution in [0.2, 0.25) is 18.1 Å². The maximum absolute atomic E-state index is 13.6. The molecule has 116 valence electrons. The molecule has 0 rings (SSSR count). The van der Waals surface area contributed by atoms with Crippen LogP contribution >= 0.6 is 0 Å². The largest absolute Gasteiger partial charge is 0.616 e. The molecule has 0 bridgehead atoms. The van der Waals surface area contributed by atoms with Gasteiger partial charge in [-0.1, -0.05) is 46.0 Å². The van der Waals surface area contributed by atoms with Crippen molar-refractivity contribution >= 4 is 17.8 Å². The summed E-state index contributed by atoms with van der Waals surface area (Å²) in [6.45, 7) is 3.50. The topological polar surface area (TPSA) is 0 Å². The third kappa shape index (κ3) is 12.8. The predicted octanol–water partition coefficient (Wildman–Crippen LogP) is 6.21. The maximum Gasteiger partial charge on any atom is 0.616 e. The predicted molar refractivity (Wildman–Crippen MR) is 74.0 cm³/mol. The van der Waals surface area contributed by atoms with Crippen molar-refractivity contribution in [2.45, 2.75) is 70.5 Å². The molecule has 0 aromatic rings. The van der Waals surface area contributed by atoms with Gasteiger partial charge in [0.15, 0.2) is 0 Å². The zero-order valence-electron chi connectivity index (χ0n) is 11.8. The number of hydrogen-bond donors (Lipinski definition) is 0. The zero-order chi connectivity index (χ0) is 14.9. The normalized spacial score (nSPS) is 14.7. The van der Waals surface area contributed by atoms with Crippen LogP contribution in [0.3, 0.4) is 0 Å². The summed E-state index contributed by atoms with van der Waals surface area (Å²) in [4.78, 5) is 0. The molecular formula is C12H25F5Si2. The molecule has 19 heavy (non-hydrogen) atoms. The minimum Gasteiger partial charge on any atom is -0.270 e. The quantitative estimate of drug-likeness (QED) is 0.184. The highest BCUT2D eigenvalue weighted by Gasteiger charge is 2.40. The average molecular weight is 320 g/mol. The lowest BCUT2D eigenvalue weighted by Crippen LogP contribution is -2.24.